The number of carbonyl (C=O) groups is 2. The molecular formula is C27H34ClN3O3S. The van der Waals surface area contributed by atoms with Gasteiger partial charge in [-0.1, -0.05) is 51.1 Å². The average Bonchev–Trinajstić information content (AvgIpc) is 3.08. The number of rotatable bonds is 13. The first kappa shape index (κ1) is 27.0. The van der Waals surface area contributed by atoms with E-state index in [4.69, 9.17) is 28.6 Å². The van der Waals surface area contributed by atoms with Crippen molar-refractivity contribution >= 4 is 52.1 Å². The molecule has 188 valence electrons. The second kappa shape index (κ2) is 13.4. The van der Waals surface area contributed by atoms with E-state index in [2.05, 4.69) is 12.2 Å². The van der Waals surface area contributed by atoms with Gasteiger partial charge in [-0.15, -0.1) is 0 Å². The number of benzene rings is 2. The topological polar surface area (TPSA) is 61.9 Å². The third-order valence-corrected chi connectivity index (χ3v) is 6.56. The molecule has 1 aliphatic heterocycles. The monoisotopic (exact) mass is 515 g/mol. The Bertz CT molecular complexity index is 998. The molecule has 6 nitrogen and oxygen atoms in total. The SMILES string of the molecule is CCCCCCCN1C(=S)N(c2ccc(Cl)cc2)C(=O)[C@@H]1CC(=O)Nc1ccc(OCCC)cc1. The molecule has 8 heteroatoms. The Labute approximate surface area is 218 Å². The zero-order valence-electron chi connectivity index (χ0n) is 20.5. The van der Waals surface area contributed by atoms with Gasteiger partial charge in [-0.3, -0.25) is 14.5 Å². The lowest BCUT2D eigenvalue weighted by Gasteiger charge is -2.24. The van der Waals surface area contributed by atoms with Crippen molar-refractivity contribution in [2.45, 2.75) is 64.8 Å². The summed E-state index contributed by atoms with van der Waals surface area (Å²) in [6, 6.07) is 13.6. The van der Waals surface area contributed by atoms with Crippen molar-refractivity contribution < 1.29 is 14.3 Å². The Kier molecular flexibility index (Phi) is 10.4. The molecule has 0 saturated carbocycles. The summed E-state index contributed by atoms with van der Waals surface area (Å²) in [5.41, 5.74) is 1.32. The number of amides is 2. The molecule has 1 fully saturated rings. The van der Waals surface area contributed by atoms with E-state index >= 15 is 0 Å². The van der Waals surface area contributed by atoms with Crippen LogP contribution in [0.15, 0.2) is 48.5 Å². The molecule has 1 aliphatic rings. The third kappa shape index (κ3) is 7.42. The Balaban J connectivity index is 1.70. The lowest BCUT2D eigenvalue weighted by Crippen LogP contribution is -2.38. The molecule has 0 radical (unpaired) electrons. The number of thiocarbonyl (C=S) groups is 1. The van der Waals surface area contributed by atoms with Gasteiger partial charge in [0.25, 0.3) is 5.91 Å². The number of nitrogens with one attached hydrogen (secondary N) is 1. The molecule has 3 rings (SSSR count). The van der Waals surface area contributed by atoms with Crippen LogP contribution in [0.1, 0.15) is 58.8 Å². The molecule has 1 atom stereocenters. The minimum absolute atomic E-state index is 0.0199. The van der Waals surface area contributed by atoms with E-state index < -0.39 is 6.04 Å². The summed E-state index contributed by atoms with van der Waals surface area (Å²) in [4.78, 5) is 29.8. The molecule has 2 amide bonds. The highest BCUT2D eigenvalue weighted by atomic mass is 35.5. The number of hydrogen-bond acceptors (Lipinski definition) is 4. The van der Waals surface area contributed by atoms with E-state index in [0.717, 1.165) is 31.4 Å². The van der Waals surface area contributed by atoms with Crippen molar-refractivity contribution in [1.82, 2.24) is 4.90 Å². The van der Waals surface area contributed by atoms with Crippen LogP contribution in [0.5, 0.6) is 5.75 Å². The van der Waals surface area contributed by atoms with Gasteiger partial charge in [0, 0.05) is 17.3 Å². The zero-order chi connectivity index (χ0) is 25.2. The molecule has 1 heterocycles. The fraction of sp³-hybridized carbons (Fsp3) is 0.444. The zero-order valence-corrected chi connectivity index (χ0v) is 22.0. The summed E-state index contributed by atoms with van der Waals surface area (Å²) in [5.74, 6) is 0.334. The molecule has 0 aromatic heterocycles. The Morgan fingerprint density at radius 2 is 1.69 bits per heavy atom. The highest BCUT2D eigenvalue weighted by molar-refractivity contribution is 7.80. The van der Waals surface area contributed by atoms with Crippen LogP contribution in [0.25, 0.3) is 0 Å². The first-order valence-electron chi connectivity index (χ1n) is 12.4. The molecule has 2 aromatic carbocycles. The van der Waals surface area contributed by atoms with Crippen LogP contribution < -0.4 is 15.0 Å². The fourth-order valence-corrected chi connectivity index (χ4v) is 4.58. The summed E-state index contributed by atoms with van der Waals surface area (Å²) >= 11 is 11.7. The van der Waals surface area contributed by atoms with Crippen molar-refractivity contribution in [2.75, 3.05) is 23.4 Å². The number of hydrogen-bond donors (Lipinski definition) is 1. The molecule has 0 unspecified atom stereocenters. The average molecular weight is 516 g/mol. The smallest absolute Gasteiger partial charge is 0.256 e. The Morgan fingerprint density at radius 3 is 2.34 bits per heavy atom. The second-order valence-corrected chi connectivity index (χ2v) is 9.48. The predicted octanol–water partition coefficient (Wildman–Crippen LogP) is 6.43. The molecule has 1 N–H and O–H groups in total. The molecule has 0 spiro atoms. The lowest BCUT2D eigenvalue weighted by molar-refractivity contribution is -0.124. The summed E-state index contributed by atoms with van der Waals surface area (Å²) in [7, 11) is 0. The van der Waals surface area contributed by atoms with Gasteiger partial charge >= 0.3 is 0 Å². The van der Waals surface area contributed by atoms with Crippen molar-refractivity contribution in [1.29, 1.82) is 0 Å². The number of nitrogens with zero attached hydrogens (tertiary/aromatic N) is 2. The minimum Gasteiger partial charge on any atom is -0.494 e. The van der Waals surface area contributed by atoms with Gasteiger partial charge in [0.05, 0.1) is 18.7 Å². The quantitative estimate of drug-likeness (QED) is 0.246. The van der Waals surface area contributed by atoms with Crippen molar-refractivity contribution in [3.63, 3.8) is 0 Å². The van der Waals surface area contributed by atoms with Crippen molar-refractivity contribution in [3.8, 4) is 5.75 Å². The summed E-state index contributed by atoms with van der Waals surface area (Å²) in [6.45, 7) is 5.51. The summed E-state index contributed by atoms with van der Waals surface area (Å²) in [5, 5.41) is 3.92. The largest absolute Gasteiger partial charge is 0.494 e. The number of unbranched alkanes of at least 4 members (excludes halogenated alkanes) is 4. The van der Waals surface area contributed by atoms with E-state index in [1.165, 1.54) is 17.7 Å². The first-order chi connectivity index (χ1) is 16.9. The van der Waals surface area contributed by atoms with Gasteiger partial charge < -0.3 is 15.0 Å². The number of carbonyl (C=O) groups excluding carboxylic acids is 2. The number of ether oxygens (including phenoxy) is 1. The maximum Gasteiger partial charge on any atom is 0.256 e. The molecule has 0 bridgehead atoms. The third-order valence-electron chi connectivity index (χ3n) is 5.90. The van der Waals surface area contributed by atoms with Crippen molar-refractivity contribution in [3.05, 3.63) is 53.6 Å². The first-order valence-corrected chi connectivity index (χ1v) is 13.2. The van der Waals surface area contributed by atoms with Gasteiger partial charge in [0.1, 0.15) is 11.8 Å². The van der Waals surface area contributed by atoms with E-state index in [1.54, 1.807) is 36.4 Å². The summed E-state index contributed by atoms with van der Waals surface area (Å²) in [6.07, 6.45) is 6.43. The van der Waals surface area contributed by atoms with E-state index in [9.17, 15) is 9.59 Å². The molecule has 35 heavy (non-hydrogen) atoms. The highest BCUT2D eigenvalue weighted by Gasteiger charge is 2.43. The van der Waals surface area contributed by atoms with Gasteiger partial charge in [0.2, 0.25) is 5.91 Å². The molecular weight excluding hydrogens is 482 g/mol. The fourth-order valence-electron chi connectivity index (χ4n) is 4.04. The van der Waals surface area contributed by atoms with Crippen LogP contribution in [-0.4, -0.2) is 41.0 Å². The van der Waals surface area contributed by atoms with Crippen molar-refractivity contribution in [2.24, 2.45) is 0 Å². The number of halogens is 1. The van der Waals surface area contributed by atoms with Crippen LogP contribution in [0.3, 0.4) is 0 Å². The van der Waals surface area contributed by atoms with E-state index in [-0.39, 0.29) is 18.2 Å². The lowest BCUT2D eigenvalue weighted by atomic mass is 10.1. The summed E-state index contributed by atoms with van der Waals surface area (Å²) < 4.78 is 5.59. The molecule has 2 aromatic rings. The standard InChI is InChI=1S/C27H34ClN3O3S/c1-3-5-6-7-8-17-30-24(26(33)31(27(30)35)22-13-9-20(28)10-14-22)19-25(32)29-21-11-15-23(16-12-21)34-18-4-2/h9-16,24H,3-8,17-19H2,1-2H3,(H,29,32)/t24-/m0/s1. The van der Waals surface area contributed by atoms with E-state index in [0.29, 0.717) is 34.7 Å². The Hall–Kier alpha value is -2.64. The van der Waals surface area contributed by atoms with Gasteiger partial charge in [-0.25, -0.2) is 0 Å². The molecule has 1 saturated heterocycles. The maximum atomic E-state index is 13.4. The Morgan fingerprint density at radius 1 is 1.00 bits per heavy atom. The van der Waals surface area contributed by atoms with Crippen LogP contribution in [-0.2, 0) is 9.59 Å². The highest BCUT2D eigenvalue weighted by Crippen LogP contribution is 2.29. The van der Waals surface area contributed by atoms with Gasteiger partial charge in [-0.2, -0.15) is 0 Å². The maximum absolute atomic E-state index is 13.4. The van der Waals surface area contributed by atoms with Crippen LogP contribution in [0.4, 0.5) is 11.4 Å². The van der Waals surface area contributed by atoms with E-state index in [1.807, 2.05) is 24.0 Å². The molecule has 0 aliphatic carbocycles. The van der Waals surface area contributed by atoms with Gasteiger partial charge in [-0.05, 0) is 73.6 Å². The minimum atomic E-state index is -0.642. The predicted molar refractivity (Wildman–Crippen MR) is 146 cm³/mol. The van der Waals surface area contributed by atoms with Crippen LogP contribution in [0, 0.1) is 0 Å². The second-order valence-electron chi connectivity index (χ2n) is 8.68. The van der Waals surface area contributed by atoms with Crippen LogP contribution in [0.2, 0.25) is 5.02 Å². The number of anilines is 2. The normalized spacial score (nSPS) is 15.6. The van der Waals surface area contributed by atoms with Gasteiger partial charge in [0.15, 0.2) is 5.11 Å². The van der Waals surface area contributed by atoms with Crippen LogP contribution >= 0.6 is 23.8 Å².